The Morgan fingerprint density at radius 3 is 2.71 bits per heavy atom. The number of ether oxygens (including phenoxy) is 1. The molecule has 1 amide bonds. The average Bonchev–Trinajstić information content (AvgIpc) is 2.62. The van der Waals surface area contributed by atoms with Gasteiger partial charge in [0.05, 0.1) is 0 Å². The van der Waals surface area contributed by atoms with Crippen LogP contribution in [0, 0.1) is 6.07 Å². The number of halogens is 1. The standard InChI is InChI=1S/C16H22BrN2O2/c1-16(2,3)21-15(20)19-9-5-8-18(10-11-19)14-7-4-6-13(17)12-14/h4,7,12H,5,8-11H2,1-3H3. The second-order valence-electron chi connectivity index (χ2n) is 6.20. The molecule has 115 valence electrons. The Morgan fingerprint density at radius 2 is 2.05 bits per heavy atom. The van der Waals surface area contributed by atoms with Gasteiger partial charge in [-0.15, -0.1) is 0 Å². The van der Waals surface area contributed by atoms with Crippen molar-refractivity contribution in [2.45, 2.75) is 32.8 Å². The highest BCUT2D eigenvalue weighted by Gasteiger charge is 2.24. The van der Waals surface area contributed by atoms with E-state index in [0.717, 1.165) is 36.2 Å². The maximum atomic E-state index is 12.1. The SMILES string of the molecule is CC(C)(C)OC(=O)N1CCCN(c2cc[c]c(Br)c2)CC1. The minimum Gasteiger partial charge on any atom is -0.444 e. The molecule has 0 atom stereocenters. The molecule has 0 unspecified atom stereocenters. The first-order chi connectivity index (χ1) is 9.85. The molecule has 4 nitrogen and oxygen atoms in total. The fourth-order valence-corrected chi connectivity index (χ4v) is 2.67. The molecule has 0 aromatic heterocycles. The highest BCUT2D eigenvalue weighted by atomic mass is 79.9. The van der Waals surface area contributed by atoms with E-state index < -0.39 is 5.60 Å². The van der Waals surface area contributed by atoms with Gasteiger partial charge >= 0.3 is 6.09 Å². The summed E-state index contributed by atoms with van der Waals surface area (Å²) in [5, 5.41) is 0. The number of hydrogen-bond donors (Lipinski definition) is 0. The lowest BCUT2D eigenvalue weighted by molar-refractivity contribution is 0.0263. The van der Waals surface area contributed by atoms with Crippen LogP contribution in [0.3, 0.4) is 0 Å². The zero-order chi connectivity index (χ0) is 15.5. The number of amides is 1. The molecule has 0 N–H and O–H groups in total. The summed E-state index contributed by atoms with van der Waals surface area (Å²) in [6, 6.07) is 9.11. The van der Waals surface area contributed by atoms with E-state index in [0.29, 0.717) is 6.54 Å². The minimum absolute atomic E-state index is 0.216. The van der Waals surface area contributed by atoms with Crippen LogP contribution in [0.25, 0.3) is 0 Å². The van der Waals surface area contributed by atoms with Crippen molar-refractivity contribution >= 4 is 27.7 Å². The summed E-state index contributed by atoms with van der Waals surface area (Å²) >= 11 is 3.45. The third-order valence-electron chi connectivity index (χ3n) is 3.26. The van der Waals surface area contributed by atoms with Crippen LogP contribution in [0.2, 0.25) is 0 Å². The molecule has 1 aromatic rings. The normalized spacial score (nSPS) is 16.6. The molecule has 2 rings (SSSR count). The molecule has 1 aromatic carbocycles. The van der Waals surface area contributed by atoms with Gasteiger partial charge in [-0.2, -0.15) is 0 Å². The predicted octanol–water partition coefficient (Wildman–Crippen LogP) is 3.70. The highest BCUT2D eigenvalue weighted by Crippen LogP contribution is 2.21. The van der Waals surface area contributed by atoms with Gasteiger partial charge in [0.2, 0.25) is 0 Å². The number of benzene rings is 1. The number of anilines is 1. The molecular formula is C16H22BrN2O2. The van der Waals surface area contributed by atoms with Crippen molar-refractivity contribution in [1.82, 2.24) is 4.90 Å². The number of carbonyl (C=O) groups is 1. The molecule has 1 aliphatic heterocycles. The Hall–Kier alpha value is -1.23. The van der Waals surface area contributed by atoms with Gasteiger partial charge in [-0.25, -0.2) is 4.79 Å². The molecule has 1 aliphatic rings. The summed E-state index contributed by atoms with van der Waals surface area (Å²) in [4.78, 5) is 16.2. The average molecular weight is 354 g/mol. The third kappa shape index (κ3) is 4.92. The quantitative estimate of drug-likeness (QED) is 0.771. The summed E-state index contributed by atoms with van der Waals surface area (Å²) in [5.74, 6) is 0. The van der Waals surface area contributed by atoms with Crippen LogP contribution in [-0.2, 0) is 4.74 Å². The van der Waals surface area contributed by atoms with Crippen molar-refractivity contribution in [2.24, 2.45) is 0 Å². The van der Waals surface area contributed by atoms with E-state index in [-0.39, 0.29) is 6.09 Å². The number of rotatable bonds is 1. The molecule has 1 fully saturated rings. The van der Waals surface area contributed by atoms with E-state index in [1.807, 2.05) is 32.9 Å². The molecule has 1 heterocycles. The molecule has 0 bridgehead atoms. The van der Waals surface area contributed by atoms with Gasteiger partial charge in [0, 0.05) is 36.3 Å². The van der Waals surface area contributed by atoms with Crippen molar-refractivity contribution in [3.8, 4) is 0 Å². The number of hydrogen-bond acceptors (Lipinski definition) is 3. The predicted molar refractivity (Wildman–Crippen MR) is 87.6 cm³/mol. The van der Waals surface area contributed by atoms with Crippen LogP contribution in [0.5, 0.6) is 0 Å². The Labute approximate surface area is 135 Å². The van der Waals surface area contributed by atoms with Gasteiger partial charge in [0.1, 0.15) is 5.60 Å². The van der Waals surface area contributed by atoms with E-state index in [4.69, 9.17) is 4.74 Å². The maximum Gasteiger partial charge on any atom is 0.410 e. The number of carbonyl (C=O) groups excluding carboxylic acids is 1. The summed E-state index contributed by atoms with van der Waals surface area (Å²) < 4.78 is 6.40. The second-order valence-corrected chi connectivity index (χ2v) is 7.06. The van der Waals surface area contributed by atoms with Crippen LogP contribution >= 0.6 is 15.9 Å². The molecule has 21 heavy (non-hydrogen) atoms. The van der Waals surface area contributed by atoms with Gasteiger partial charge in [0.15, 0.2) is 0 Å². The molecule has 0 saturated carbocycles. The van der Waals surface area contributed by atoms with Crippen LogP contribution in [-0.4, -0.2) is 42.8 Å². The van der Waals surface area contributed by atoms with Crippen LogP contribution < -0.4 is 4.90 Å². The van der Waals surface area contributed by atoms with Crippen molar-refractivity contribution < 1.29 is 9.53 Å². The maximum absolute atomic E-state index is 12.1. The van der Waals surface area contributed by atoms with Gasteiger partial charge in [-0.1, -0.05) is 22.0 Å². The Morgan fingerprint density at radius 1 is 1.29 bits per heavy atom. The van der Waals surface area contributed by atoms with Gasteiger partial charge in [0.25, 0.3) is 0 Å². The molecule has 1 radical (unpaired) electrons. The summed E-state index contributed by atoms with van der Waals surface area (Å²) in [6.07, 6.45) is 0.724. The van der Waals surface area contributed by atoms with Crippen molar-refractivity contribution in [2.75, 3.05) is 31.1 Å². The monoisotopic (exact) mass is 353 g/mol. The van der Waals surface area contributed by atoms with E-state index in [1.54, 1.807) is 4.90 Å². The second kappa shape index (κ2) is 6.69. The molecule has 0 spiro atoms. The fourth-order valence-electron chi connectivity index (χ4n) is 2.31. The fraction of sp³-hybridized carbons (Fsp3) is 0.562. The first-order valence-corrected chi connectivity index (χ1v) is 8.04. The van der Waals surface area contributed by atoms with E-state index in [9.17, 15) is 4.79 Å². The Kier molecular flexibility index (Phi) is 5.14. The first kappa shape index (κ1) is 16.1. The largest absolute Gasteiger partial charge is 0.444 e. The molecule has 1 saturated heterocycles. The molecule has 0 aliphatic carbocycles. The van der Waals surface area contributed by atoms with Crippen molar-refractivity contribution in [1.29, 1.82) is 0 Å². The summed E-state index contributed by atoms with van der Waals surface area (Å²) in [6.45, 7) is 8.87. The van der Waals surface area contributed by atoms with Crippen LogP contribution in [0.15, 0.2) is 22.7 Å². The van der Waals surface area contributed by atoms with Crippen molar-refractivity contribution in [3.63, 3.8) is 0 Å². The van der Waals surface area contributed by atoms with E-state index in [1.165, 1.54) is 0 Å². The van der Waals surface area contributed by atoms with Gasteiger partial charge in [-0.05, 0) is 45.4 Å². The van der Waals surface area contributed by atoms with Crippen LogP contribution in [0.1, 0.15) is 27.2 Å². The Balaban J connectivity index is 1.97. The van der Waals surface area contributed by atoms with Gasteiger partial charge < -0.3 is 14.5 Å². The minimum atomic E-state index is -0.441. The smallest absolute Gasteiger partial charge is 0.410 e. The summed E-state index contributed by atoms with van der Waals surface area (Å²) in [7, 11) is 0. The van der Waals surface area contributed by atoms with Crippen LogP contribution in [0.4, 0.5) is 10.5 Å². The highest BCUT2D eigenvalue weighted by molar-refractivity contribution is 9.10. The summed E-state index contributed by atoms with van der Waals surface area (Å²) in [5.41, 5.74) is 0.718. The first-order valence-electron chi connectivity index (χ1n) is 7.25. The van der Waals surface area contributed by atoms with Gasteiger partial charge in [-0.3, -0.25) is 0 Å². The number of nitrogens with zero attached hydrogens (tertiary/aromatic N) is 2. The molecule has 5 heteroatoms. The zero-order valence-corrected chi connectivity index (χ0v) is 14.4. The van der Waals surface area contributed by atoms with Crippen molar-refractivity contribution in [3.05, 3.63) is 28.7 Å². The topological polar surface area (TPSA) is 32.8 Å². The lowest BCUT2D eigenvalue weighted by Gasteiger charge is -2.27. The van der Waals surface area contributed by atoms with E-state index >= 15 is 0 Å². The molecular weight excluding hydrogens is 332 g/mol. The third-order valence-corrected chi connectivity index (χ3v) is 3.72. The Bertz CT molecular complexity index is 499. The lowest BCUT2D eigenvalue weighted by Crippen LogP contribution is -2.39. The zero-order valence-electron chi connectivity index (χ0n) is 12.9. The van der Waals surface area contributed by atoms with E-state index in [2.05, 4.69) is 33.0 Å². The lowest BCUT2D eigenvalue weighted by atomic mass is 10.2.